The van der Waals surface area contributed by atoms with Crippen LogP contribution < -0.4 is 5.32 Å². The number of aromatic nitrogens is 1. The summed E-state index contributed by atoms with van der Waals surface area (Å²) in [6.07, 6.45) is 1.48. The maximum atomic E-state index is 12.7. The SMILES string of the molecule is COC(=O)c1ccc(C)c(-n2c(C)cc(/C=C(/C#N)C(=O)Nc3cccc(C(=O)O)c3)c2C)c1. The fraction of sp³-hybridized carbons (Fsp3) is 0.154. The van der Waals surface area contributed by atoms with Gasteiger partial charge < -0.3 is 19.7 Å². The van der Waals surface area contributed by atoms with Crippen LogP contribution >= 0.6 is 0 Å². The van der Waals surface area contributed by atoms with Gasteiger partial charge in [0, 0.05) is 22.8 Å². The largest absolute Gasteiger partial charge is 0.478 e. The lowest BCUT2D eigenvalue weighted by Gasteiger charge is -2.14. The highest BCUT2D eigenvalue weighted by Gasteiger charge is 2.17. The highest BCUT2D eigenvalue weighted by molar-refractivity contribution is 6.10. The van der Waals surface area contributed by atoms with E-state index in [9.17, 15) is 19.6 Å². The molecular formula is C26H23N3O5. The molecule has 3 rings (SSSR count). The van der Waals surface area contributed by atoms with E-state index in [0.717, 1.165) is 22.6 Å². The van der Waals surface area contributed by atoms with E-state index in [1.54, 1.807) is 18.2 Å². The van der Waals surface area contributed by atoms with Gasteiger partial charge in [-0.2, -0.15) is 5.26 Å². The fourth-order valence-electron chi connectivity index (χ4n) is 3.63. The Bertz CT molecular complexity index is 1380. The topological polar surface area (TPSA) is 121 Å². The number of methoxy groups -OCH3 is 1. The number of carbonyl (C=O) groups is 3. The Morgan fingerprint density at radius 3 is 2.44 bits per heavy atom. The van der Waals surface area contributed by atoms with Crippen LogP contribution in [0.15, 0.2) is 54.1 Å². The van der Waals surface area contributed by atoms with Crippen molar-refractivity contribution in [3.8, 4) is 11.8 Å². The number of nitriles is 1. The third-order valence-electron chi connectivity index (χ3n) is 5.37. The number of ether oxygens (including phenoxy) is 1. The molecule has 172 valence electrons. The van der Waals surface area contributed by atoms with Crippen molar-refractivity contribution in [2.24, 2.45) is 0 Å². The van der Waals surface area contributed by atoms with E-state index >= 15 is 0 Å². The number of benzene rings is 2. The van der Waals surface area contributed by atoms with E-state index in [0.29, 0.717) is 11.1 Å². The van der Waals surface area contributed by atoms with Gasteiger partial charge in [-0.15, -0.1) is 0 Å². The monoisotopic (exact) mass is 457 g/mol. The van der Waals surface area contributed by atoms with Gasteiger partial charge in [-0.1, -0.05) is 12.1 Å². The summed E-state index contributed by atoms with van der Waals surface area (Å²) in [5.74, 6) is -2.22. The molecular weight excluding hydrogens is 434 g/mol. The zero-order valence-corrected chi connectivity index (χ0v) is 19.2. The number of nitrogens with one attached hydrogen (secondary N) is 1. The Balaban J connectivity index is 1.98. The number of carboxylic acids is 1. The van der Waals surface area contributed by atoms with Crippen LogP contribution in [0, 0.1) is 32.1 Å². The molecule has 0 fully saturated rings. The van der Waals surface area contributed by atoms with Gasteiger partial charge in [0.15, 0.2) is 0 Å². The fourth-order valence-corrected chi connectivity index (χ4v) is 3.63. The highest BCUT2D eigenvalue weighted by Crippen LogP contribution is 2.26. The molecule has 0 saturated carbocycles. The van der Waals surface area contributed by atoms with Gasteiger partial charge in [0.2, 0.25) is 0 Å². The first kappa shape index (κ1) is 24.0. The van der Waals surface area contributed by atoms with Crippen LogP contribution in [0.3, 0.4) is 0 Å². The average molecular weight is 457 g/mol. The molecule has 2 N–H and O–H groups in total. The zero-order valence-electron chi connectivity index (χ0n) is 19.2. The van der Waals surface area contributed by atoms with Gasteiger partial charge in [0.25, 0.3) is 5.91 Å². The summed E-state index contributed by atoms with van der Waals surface area (Å²) in [6.45, 7) is 5.66. The molecule has 0 aliphatic carbocycles. The molecule has 0 bridgehead atoms. The number of amides is 1. The van der Waals surface area contributed by atoms with E-state index in [1.807, 2.05) is 43.5 Å². The minimum absolute atomic E-state index is 0.0217. The van der Waals surface area contributed by atoms with Crippen molar-refractivity contribution in [2.45, 2.75) is 20.8 Å². The standard InChI is InChI=1S/C26H23N3O5/c1-15-8-9-19(26(33)34-4)13-23(15)29-16(2)10-20(17(29)3)11-21(14-27)24(30)28-22-7-5-6-18(12-22)25(31)32/h5-13H,1-4H3,(H,28,30)(H,31,32)/b21-11-. The summed E-state index contributed by atoms with van der Waals surface area (Å²) in [5, 5.41) is 21.3. The van der Waals surface area contributed by atoms with Crippen molar-refractivity contribution in [3.63, 3.8) is 0 Å². The molecule has 0 atom stereocenters. The van der Waals surface area contributed by atoms with E-state index in [4.69, 9.17) is 9.84 Å². The molecule has 1 aromatic heterocycles. The Morgan fingerprint density at radius 1 is 1.06 bits per heavy atom. The molecule has 0 aliphatic rings. The van der Waals surface area contributed by atoms with Gasteiger partial charge in [0.1, 0.15) is 11.6 Å². The molecule has 8 nitrogen and oxygen atoms in total. The second-order valence-electron chi connectivity index (χ2n) is 7.66. The quantitative estimate of drug-likeness (QED) is 0.321. The minimum atomic E-state index is -1.12. The van der Waals surface area contributed by atoms with Crippen molar-refractivity contribution in [1.29, 1.82) is 5.26 Å². The predicted octanol–water partition coefficient (Wildman–Crippen LogP) is 4.43. The Labute approximate surface area is 196 Å². The van der Waals surface area contributed by atoms with Crippen molar-refractivity contribution in [2.75, 3.05) is 12.4 Å². The first-order chi connectivity index (χ1) is 16.2. The number of hydrogen-bond acceptors (Lipinski definition) is 5. The van der Waals surface area contributed by atoms with Crippen LogP contribution in [0.5, 0.6) is 0 Å². The Hall–Kier alpha value is -4.64. The van der Waals surface area contributed by atoms with Crippen molar-refractivity contribution in [1.82, 2.24) is 4.57 Å². The number of aromatic carboxylic acids is 1. The minimum Gasteiger partial charge on any atom is -0.478 e. The zero-order chi connectivity index (χ0) is 25.0. The maximum Gasteiger partial charge on any atom is 0.337 e. The van der Waals surface area contributed by atoms with Crippen LogP contribution in [0.4, 0.5) is 5.69 Å². The van der Waals surface area contributed by atoms with Gasteiger partial charge >= 0.3 is 11.9 Å². The van der Waals surface area contributed by atoms with Gasteiger partial charge in [-0.25, -0.2) is 9.59 Å². The lowest BCUT2D eigenvalue weighted by Crippen LogP contribution is -2.14. The van der Waals surface area contributed by atoms with Crippen LogP contribution in [-0.2, 0) is 9.53 Å². The molecule has 0 radical (unpaired) electrons. The van der Waals surface area contributed by atoms with Crippen molar-refractivity contribution < 1.29 is 24.2 Å². The molecule has 34 heavy (non-hydrogen) atoms. The highest BCUT2D eigenvalue weighted by atomic mass is 16.5. The number of anilines is 1. The summed E-state index contributed by atoms with van der Waals surface area (Å²) >= 11 is 0. The van der Waals surface area contributed by atoms with Crippen LogP contribution in [0.25, 0.3) is 11.8 Å². The number of nitrogens with zero attached hydrogens (tertiary/aromatic N) is 2. The summed E-state index contributed by atoms with van der Waals surface area (Å²) in [6, 6.07) is 14.8. The van der Waals surface area contributed by atoms with Gasteiger partial charge in [-0.3, -0.25) is 4.79 Å². The summed E-state index contributed by atoms with van der Waals surface area (Å²) in [4.78, 5) is 35.9. The molecule has 0 unspecified atom stereocenters. The summed E-state index contributed by atoms with van der Waals surface area (Å²) in [5.41, 5.74) is 4.56. The van der Waals surface area contributed by atoms with Gasteiger partial charge in [0.05, 0.1) is 18.2 Å². The number of rotatable bonds is 6. The van der Waals surface area contributed by atoms with Crippen molar-refractivity contribution in [3.05, 3.63) is 87.7 Å². The Kier molecular flexibility index (Phi) is 6.98. The number of hydrogen-bond donors (Lipinski definition) is 2. The summed E-state index contributed by atoms with van der Waals surface area (Å²) in [7, 11) is 1.32. The second kappa shape index (κ2) is 9.88. The normalized spacial score (nSPS) is 11.0. The van der Waals surface area contributed by atoms with E-state index in [-0.39, 0.29) is 16.8 Å². The average Bonchev–Trinajstić information content (AvgIpc) is 3.09. The molecule has 0 saturated heterocycles. The lowest BCUT2D eigenvalue weighted by atomic mass is 10.1. The van der Waals surface area contributed by atoms with Crippen LogP contribution in [-0.4, -0.2) is 34.6 Å². The molecule has 1 heterocycles. The first-order valence-corrected chi connectivity index (χ1v) is 10.3. The maximum absolute atomic E-state index is 12.7. The second-order valence-corrected chi connectivity index (χ2v) is 7.66. The first-order valence-electron chi connectivity index (χ1n) is 10.3. The smallest absolute Gasteiger partial charge is 0.337 e. The van der Waals surface area contributed by atoms with E-state index in [2.05, 4.69) is 5.32 Å². The molecule has 0 spiro atoms. The predicted molar refractivity (Wildman–Crippen MR) is 127 cm³/mol. The molecule has 2 aromatic carbocycles. The van der Waals surface area contributed by atoms with E-state index < -0.39 is 17.8 Å². The van der Waals surface area contributed by atoms with Crippen LogP contribution in [0.1, 0.15) is 43.2 Å². The third-order valence-corrected chi connectivity index (χ3v) is 5.37. The number of esters is 1. The van der Waals surface area contributed by atoms with E-state index in [1.165, 1.54) is 31.4 Å². The third kappa shape index (κ3) is 4.89. The lowest BCUT2D eigenvalue weighted by molar-refractivity contribution is -0.112. The molecule has 0 aliphatic heterocycles. The Morgan fingerprint density at radius 2 is 1.79 bits per heavy atom. The van der Waals surface area contributed by atoms with Crippen molar-refractivity contribution >= 4 is 29.6 Å². The van der Waals surface area contributed by atoms with Crippen LogP contribution in [0.2, 0.25) is 0 Å². The molecule has 1 amide bonds. The molecule has 3 aromatic rings. The number of carbonyl (C=O) groups excluding carboxylic acids is 2. The number of aryl methyl sites for hydroxylation is 2. The summed E-state index contributed by atoms with van der Waals surface area (Å²) < 4.78 is 6.77. The number of carboxylic acid groups (broad SMARTS) is 1. The van der Waals surface area contributed by atoms with Gasteiger partial charge in [-0.05, 0) is 74.4 Å². The molecule has 8 heteroatoms.